The second-order valence-corrected chi connectivity index (χ2v) is 10.8. The van der Waals surface area contributed by atoms with Gasteiger partial charge >= 0.3 is 6.09 Å². The highest BCUT2D eigenvalue weighted by Gasteiger charge is 2.28. The van der Waals surface area contributed by atoms with Crippen molar-refractivity contribution in [2.45, 2.75) is 17.9 Å². The number of amides is 2. The molecule has 2 amide bonds. The van der Waals surface area contributed by atoms with Crippen molar-refractivity contribution < 1.29 is 22.7 Å². The third kappa shape index (κ3) is 5.24. The highest BCUT2D eigenvalue weighted by molar-refractivity contribution is 7.92. The van der Waals surface area contributed by atoms with E-state index in [2.05, 4.69) is 16.1 Å². The summed E-state index contributed by atoms with van der Waals surface area (Å²) in [5.41, 5.74) is 1.57. The lowest BCUT2D eigenvalue weighted by atomic mass is 10.0. The maximum atomic E-state index is 12.9. The van der Waals surface area contributed by atoms with Crippen LogP contribution in [0.4, 0.5) is 15.5 Å². The number of hydrogen-bond donors (Lipinski definition) is 2. The Morgan fingerprint density at radius 2 is 1.94 bits per heavy atom. The van der Waals surface area contributed by atoms with Gasteiger partial charge in [-0.25, -0.2) is 13.2 Å². The first-order valence-electron chi connectivity index (χ1n) is 10.3. The lowest BCUT2D eigenvalue weighted by Crippen LogP contribution is -2.35. The van der Waals surface area contributed by atoms with Gasteiger partial charge < -0.3 is 15.0 Å². The molecule has 180 valence electrons. The molecule has 12 heteroatoms. The number of carbonyl (C=O) groups is 2. The Labute approximate surface area is 210 Å². The first-order valence-corrected chi connectivity index (χ1v) is 13.0. The van der Waals surface area contributed by atoms with Crippen LogP contribution in [0.1, 0.15) is 26.4 Å². The lowest BCUT2D eigenvalue weighted by molar-refractivity contribution is 0.102. The Bertz CT molecular complexity index is 1450. The molecule has 0 saturated heterocycles. The van der Waals surface area contributed by atoms with E-state index in [-0.39, 0.29) is 16.1 Å². The van der Waals surface area contributed by atoms with Crippen LogP contribution in [0.3, 0.4) is 0 Å². The number of benzene rings is 2. The monoisotopic (exact) mass is 530 g/mol. The molecule has 35 heavy (non-hydrogen) atoms. The molecule has 0 spiro atoms. The quantitative estimate of drug-likeness (QED) is 0.501. The van der Waals surface area contributed by atoms with Gasteiger partial charge in [-0.15, -0.1) is 11.3 Å². The second-order valence-electron chi connectivity index (χ2n) is 7.56. The number of anilines is 2. The molecule has 2 N–H and O–H groups in total. The lowest BCUT2D eigenvalue weighted by Gasteiger charge is -2.25. The molecule has 9 nitrogen and oxygen atoms in total. The van der Waals surface area contributed by atoms with Crippen molar-refractivity contribution in [2.24, 2.45) is 0 Å². The molecule has 0 atom stereocenters. The molecule has 0 aliphatic carbocycles. The largest absolute Gasteiger partial charge is 0.453 e. The summed E-state index contributed by atoms with van der Waals surface area (Å²) in [6.07, 6.45) is 0.0211. The van der Waals surface area contributed by atoms with Gasteiger partial charge in [-0.3, -0.25) is 9.52 Å². The molecule has 3 aromatic rings. The summed E-state index contributed by atoms with van der Waals surface area (Å²) in [6.45, 7) is 0.702. The standard InChI is InChI=1S/C23H19ClN4O5S2/c1-33-23(30)28-10-9-18-19(12-25)22(34-20(18)13-28)26-21(29)14-3-2-4-16(11-14)27-35(31,32)17-7-5-15(24)6-8-17/h2-8,11,27H,9-10,13H2,1H3,(H,26,29). The molecular formula is C23H19ClN4O5S2. The van der Waals surface area contributed by atoms with Crippen LogP contribution in [0.2, 0.25) is 5.02 Å². The van der Waals surface area contributed by atoms with Gasteiger partial charge in [0, 0.05) is 27.7 Å². The van der Waals surface area contributed by atoms with Crippen molar-refractivity contribution in [3.05, 3.63) is 75.1 Å². The SMILES string of the molecule is COC(=O)N1CCc2c(sc(NC(=O)c3cccc(NS(=O)(=O)c4ccc(Cl)cc4)c3)c2C#N)C1. The highest BCUT2D eigenvalue weighted by Crippen LogP contribution is 2.37. The van der Waals surface area contributed by atoms with Gasteiger partial charge in [0.15, 0.2) is 0 Å². The summed E-state index contributed by atoms with van der Waals surface area (Å²) in [5.74, 6) is -0.502. The minimum absolute atomic E-state index is 0.0283. The van der Waals surface area contributed by atoms with Crippen molar-refractivity contribution in [2.75, 3.05) is 23.7 Å². The number of halogens is 1. The van der Waals surface area contributed by atoms with Gasteiger partial charge in [0.05, 0.1) is 24.1 Å². The Morgan fingerprint density at radius 1 is 1.20 bits per heavy atom. The molecule has 0 fully saturated rings. The number of sulfonamides is 1. The molecule has 2 aromatic carbocycles. The van der Waals surface area contributed by atoms with Gasteiger partial charge in [0.25, 0.3) is 15.9 Å². The maximum Gasteiger partial charge on any atom is 0.409 e. The molecule has 0 saturated carbocycles. The minimum atomic E-state index is -3.88. The van der Waals surface area contributed by atoms with E-state index in [0.717, 1.165) is 10.4 Å². The van der Waals surface area contributed by atoms with Crippen molar-refractivity contribution in [3.63, 3.8) is 0 Å². The summed E-state index contributed by atoms with van der Waals surface area (Å²) < 4.78 is 32.5. The fourth-order valence-corrected chi connectivity index (χ4v) is 6.01. The number of methoxy groups -OCH3 is 1. The van der Waals surface area contributed by atoms with E-state index in [0.29, 0.717) is 35.1 Å². The number of nitriles is 1. The maximum absolute atomic E-state index is 12.9. The third-order valence-corrected chi connectivity index (χ3v) is 8.11. The summed E-state index contributed by atoms with van der Waals surface area (Å²) in [6, 6.07) is 13.9. The van der Waals surface area contributed by atoms with E-state index in [1.165, 1.54) is 65.8 Å². The molecular weight excluding hydrogens is 512 g/mol. The van der Waals surface area contributed by atoms with Crippen LogP contribution in [0, 0.1) is 11.3 Å². The van der Waals surface area contributed by atoms with Crippen LogP contribution in [0.25, 0.3) is 0 Å². The van der Waals surface area contributed by atoms with Crippen molar-refractivity contribution in [1.82, 2.24) is 4.90 Å². The molecule has 0 radical (unpaired) electrons. The summed E-state index contributed by atoms with van der Waals surface area (Å²) in [4.78, 5) is 27.2. The van der Waals surface area contributed by atoms with Crippen molar-refractivity contribution in [3.8, 4) is 6.07 Å². The predicted octanol–water partition coefficient (Wildman–Crippen LogP) is 4.45. The fraction of sp³-hybridized carbons (Fsp3) is 0.174. The van der Waals surface area contributed by atoms with Gasteiger partial charge in [0.2, 0.25) is 0 Å². The van der Waals surface area contributed by atoms with Crippen molar-refractivity contribution in [1.29, 1.82) is 5.26 Å². The third-order valence-electron chi connectivity index (χ3n) is 5.33. The van der Waals surface area contributed by atoms with E-state index < -0.39 is 22.0 Å². The Morgan fingerprint density at radius 3 is 2.63 bits per heavy atom. The molecule has 2 heterocycles. The summed E-state index contributed by atoms with van der Waals surface area (Å²) >= 11 is 7.05. The van der Waals surface area contributed by atoms with E-state index in [1.807, 2.05) is 0 Å². The predicted molar refractivity (Wildman–Crippen MR) is 132 cm³/mol. The summed E-state index contributed by atoms with van der Waals surface area (Å²) in [5, 5.41) is 13.2. The molecule has 1 aromatic heterocycles. The number of fused-ring (bicyclic) bond motifs is 1. The number of carbonyl (C=O) groups excluding carboxylic acids is 2. The number of nitrogens with one attached hydrogen (secondary N) is 2. The Hall–Kier alpha value is -3.59. The first kappa shape index (κ1) is 24.5. The van der Waals surface area contributed by atoms with Crippen LogP contribution in [0.15, 0.2) is 53.4 Å². The zero-order chi connectivity index (χ0) is 25.2. The molecule has 0 bridgehead atoms. The van der Waals surface area contributed by atoms with Gasteiger partial charge in [-0.05, 0) is 54.4 Å². The van der Waals surface area contributed by atoms with Crippen LogP contribution in [-0.2, 0) is 27.7 Å². The number of nitrogens with zero attached hydrogens (tertiary/aromatic N) is 2. The fourth-order valence-electron chi connectivity index (χ4n) is 3.62. The normalized spacial score (nSPS) is 12.9. The molecule has 1 aliphatic rings. The topological polar surface area (TPSA) is 129 Å². The number of rotatable bonds is 5. The van der Waals surface area contributed by atoms with Gasteiger partial charge in [0.1, 0.15) is 11.1 Å². The average Bonchev–Trinajstić information content (AvgIpc) is 3.19. The number of thiophene rings is 1. The van der Waals surface area contributed by atoms with Crippen LogP contribution >= 0.6 is 22.9 Å². The second kappa shape index (κ2) is 9.95. The number of hydrogen-bond acceptors (Lipinski definition) is 7. The van der Waals surface area contributed by atoms with E-state index in [1.54, 1.807) is 6.07 Å². The molecule has 1 aliphatic heterocycles. The Kier molecular flexibility index (Phi) is 6.98. The zero-order valence-corrected chi connectivity index (χ0v) is 20.8. The van der Waals surface area contributed by atoms with Gasteiger partial charge in [-0.1, -0.05) is 17.7 Å². The molecule has 4 rings (SSSR count). The minimum Gasteiger partial charge on any atom is -0.453 e. The van der Waals surface area contributed by atoms with Crippen LogP contribution < -0.4 is 10.0 Å². The zero-order valence-electron chi connectivity index (χ0n) is 18.4. The molecule has 0 unspecified atom stereocenters. The van der Waals surface area contributed by atoms with Crippen molar-refractivity contribution >= 4 is 55.6 Å². The van der Waals surface area contributed by atoms with E-state index in [9.17, 15) is 23.3 Å². The van der Waals surface area contributed by atoms with E-state index >= 15 is 0 Å². The smallest absolute Gasteiger partial charge is 0.409 e. The highest BCUT2D eigenvalue weighted by atomic mass is 35.5. The first-order chi connectivity index (χ1) is 16.7. The van der Waals surface area contributed by atoms with Crippen LogP contribution in [0.5, 0.6) is 0 Å². The van der Waals surface area contributed by atoms with Crippen LogP contribution in [-0.4, -0.2) is 39.0 Å². The summed E-state index contributed by atoms with van der Waals surface area (Å²) in [7, 11) is -2.57. The van der Waals surface area contributed by atoms with E-state index in [4.69, 9.17) is 16.3 Å². The Balaban J connectivity index is 1.53. The average molecular weight is 531 g/mol. The number of ether oxygens (including phenoxy) is 1. The van der Waals surface area contributed by atoms with Gasteiger partial charge in [-0.2, -0.15) is 5.26 Å².